The predicted molar refractivity (Wildman–Crippen MR) is 141 cm³/mol. The van der Waals surface area contributed by atoms with Crippen molar-refractivity contribution in [3.8, 4) is 22.9 Å². The number of carbonyl (C=O) groups is 1. The highest BCUT2D eigenvalue weighted by atomic mass is 79.9. The normalized spacial score (nSPS) is 16.3. The largest absolute Gasteiger partial charge is 0.457 e. The van der Waals surface area contributed by atoms with Gasteiger partial charge in [-0.3, -0.25) is 4.90 Å². The monoisotopic (exact) mass is 543 g/mol. The van der Waals surface area contributed by atoms with Crippen molar-refractivity contribution < 1.29 is 14.3 Å². The van der Waals surface area contributed by atoms with E-state index in [1.165, 1.54) is 11.1 Å². The molecule has 7 heteroatoms. The number of likely N-dealkylation sites (tertiary alicyclic amines) is 1. The quantitative estimate of drug-likeness (QED) is 0.258. The Balaban J connectivity index is 1.18. The average molecular weight is 544 g/mol. The summed E-state index contributed by atoms with van der Waals surface area (Å²) in [6.07, 6.45) is 4.18. The van der Waals surface area contributed by atoms with Gasteiger partial charge in [0.15, 0.2) is 0 Å². The van der Waals surface area contributed by atoms with Crippen molar-refractivity contribution in [1.29, 1.82) is 0 Å². The molecule has 6 nitrogen and oxygen atoms in total. The number of aryl methyl sites for hydroxylation is 1. The molecule has 0 unspecified atom stereocenters. The minimum Gasteiger partial charge on any atom is -0.457 e. The van der Waals surface area contributed by atoms with E-state index in [1.54, 1.807) is 4.90 Å². The van der Waals surface area contributed by atoms with Crippen LogP contribution in [0.25, 0.3) is 11.4 Å². The van der Waals surface area contributed by atoms with Crippen molar-refractivity contribution in [2.45, 2.75) is 38.8 Å². The van der Waals surface area contributed by atoms with Crippen LogP contribution in [0.2, 0.25) is 0 Å². The number of aromatic nitrogens is 2. The molecule has 36 heavy (non-hydrogen) atoms. The maximum atomic E-state index is 12.8. The van der Waals surface area contributed by atoms with E-state index in [0.717, 1.165) is 63.4 Å². The van der Waals surface area contributed by atoms with Crippen LogP contribution in [0.5, 0.6) is 11.5 Å². The number of nitrogens with zero attached hydrogens (tertiary/aromatic N) is 2. The number of rotatable bonds is 4. The van der Waals surface area contributed by atoms with E-state index in [2.05, 4.69) is 45.0 Å². The molecular weight excluding hydrogens is 518 g/mol. The summed E-state index contributed by atoms with van der Waals surface area (Å²) in [5.41, 5.74) is 6.40. The number of halogens is 1. The van der Waals surface area contributed by atoms with Crippen LogP contribution < -0.4 is 4.74 Å². The number of fused-ring (bicyclic) bond motifs is 2. The number of imidazole rings is 1. The first-order valence-electron chi connectivity index (χ1n) is 12.2. The molecule has 3 aromatic carbocycles. The summed E-state index contributed by atoms with van der Waals surface area (Å²) >= 11 is 3.59. The van der Waals surface area contributed by atoms with E-state index in [9.17, 15) is 4.79 Å². The Kier molecular flexibility index (Phi) is 6.01. The average Bonchev–Trinajstić information content (AvgIpc) is 3.57. The molecule has 0 radical (unpaired) electrons. The molecule has 1 atom stereocenters. The van der Waals surface area contributed by atoms with Gasteiger partial charge in [0.25, 0.3) is 0 Å². The summed E-state index contributed by atoms with van der Waals surface area (Å²) < 4.78 is 12.8. The lowest BCUT2D eigenvalue weighted by molar-refractivity contribution is 0.0915. The second-order valence-corrected chi connectivity index (χ2v) is 10.2. The van der Waals surface area contributed by atoms with E-state index >= 15 is 0 Å². The van der Waals surface area contributed by atoms with Crippen LogP contribution in [-0.4, -0.2) is 27.5 Å². The Labute approximate surface area is 218 Å². The minimum atomic E-state index is -0.288. The third-order valence-corrected chi connectivity index (χ3v) is 7.78. The summed E-state index contributed by atoms with van der Waals surface area (Å²) in [4.78, 5) is 22.8. The fourth-order valence-corrected chi connectivity index (χ4v) is 5.33. The van der Waals surface area contributed by atoms with E-state index in [-0.39, 0.29) is 18.7 Å². The number of ether oxygens (including phenoxy) is 2. The maximum Gasteiger partial charge on any atom is 0.410 e. The predicted octanol–water partition coefficient (Wildman–Crippen LogP) is 7.32. The molecule has 1 amide bonds. The number of hydrogen-bond donors (Lipinski definition) is 1. The standard InChI is InChI=1S/C29H26BrN3O3/c1-18-12-21-14-22-13-20(9-10-26(22)36-27(21)15-23(18)30)28-31-16-24(32-28)25-8-5-11-33(25)29(34)35-17-19-6-3-2-4-7-19/h2-4,6-7,9-10,12-13,15-16,25H,5,8,11,14,17H2,1H3,(H,31,32)/t25-/m0/s1. The van der Waals surface area contributed by atoms with Gasteiger partial charge in [-0.25, -0.2) is 9.78 Å². The lowest BCUT2D eigenvalue weighted by Crippen LogP contribution is -2.31. The number of nitrogens with one attached hydrogen (secondary N) is 1. The summed E-state index contributed by atoms with van der Waals surface area (Å²) in [5.74, 6) is 2.56. The van der Waals surface area contributed by atoms with E-state index < -0.39 is 0 Å². The Bertz CT molecular complexity index is 1430. The third-order valence-electron chi connectivity index (χ3n) is 6.92. The number of amides is 1. The van der Waals surface area contributed by atoms with Crippen molar-refractivity contribution in [1.82, 2.24) is 14.9 Å². The van der Waals surface area contributed by atoms with Gasteiger partial charge in [0.1, 0.15) is 23.9 Å². The number of benzene rings is 3. The zero-order valence-corrected chi connectivity index (χ0v) is 21.5. The molecule has 182 valence electrons. The summed E-state index contributed by atoms with van der Waals surface area (Å²) in [5, 5.41) is 0. The number of aromatic amines is 1. The second-order valence-electron chi connectivity index (χ2n) is 9.39. The summed E-state index contributed by atoms with van der Waals surface area (Å²) in [7, 11) is 0. The Morgan fingerprint density at radius 1 is 1.14 bits per heavy atom. The van der Waals surface area contributed by atoms with E-state index in [0.29, 0.717) is 6.54 Å². The van der Waals surface area contributed by atoms with Crippen molar-refractivity contribution >= 4 is 22.0 Å². The maximum absolute atomic E-state index is 12.8. The number of carbonyl (C=O) groups excluding carboxylic acids is 1. The van der Waals surface area contributed by atoms with Crippen LogP contribution in [0.4, 0.5) is 4.79 Å². The highest BCUT2D eigenvalue weighted by molar-refractivity contribution is 9.10. The van der Waals surface area contributed by atoms with Crippen molar-refractivity contribution in [3.05, 3.63) is 99.3 Å². The van der Waals surface area contributed by atoms with Crippen molar-refractivity contribution in [3.63, 3.8) is 0 Å². The van der Waals surface area contributed by atoms with Gasteiger partial charge in [0.05, 0.1) is 17.9 Å². The topological polar surface area (TPSA) is 67.4 Å². The van der Waals surface area contributed by atoms with Gasteiger partial charge >= 0.3 is 6.09 Å². The highest BCUT2D eigenvalue weighted by Gasteiger charge is 2.32. The molecule has 0 saturated carbocycles. The molecule has 6 rings (SSSR count). The van der Waals surface area contributed by atoms with E-state index in [1.807, 2.05) is 54.7 Å². The van der Waals surface area contributed by atoms with Crippen LogP contribution >= 0.6 is 15.9 Å². The van der Waals surface area contributed by atoms with Crippen LogP contribution in [0.1, 0.15) is 46.8 Å². The van der Waals surface area contributed by atoms with Gasteiger partial charge in [-0.2, -0.15) is 0 Å². The van der Waals surface area contributed by atoms with Crippen LogP contribution in [0.3, 0.4) is 0 Å². The van der Waals surface area contributed by atoms with Crippen LogP contribution in [0.15, 0.2) is 71.3 Å². The Hall–Kier alpha value is -3.58. The fourth-order valence-electron chi connectivity index (χ4n) is 5.01. The lowest BCUT2D eigenvalue weighted by Gasteiger charge is -2.23. The minimum absolute atomic E-state index is 0.0659. The second kappa shape index (κ2) is 9.47. The van der Waals surface area contributed by atoms with Gasteiger partial charge in [-0.15, -0.1) is 0 Å². The summed E-state index contributed by atoms with van der Waals surface area (Å²) in [6, 6.07) is 20.1. The SMILES string of the molecule is Cc1cc2c(cc1Br)Oc1ccc(-c3ncc([C@@H]4CCCN4C(=O)OCc4ccccc4)[nH]3)cc1C2. The molecule has 2 aliphatic rings. The smallest absolute Gasteiger partial charge is 0.410 e. The third kappa shape index (κ3) is 4.39. The first-order valence-corrected chi connectivity index (χ1v) is 13.0. The fraction of sp³-hybridized carbons (Fsp3) is 0.241. The number of H-pyrrole nitrogens is 1. The molecule has 4 aromatic rings. The molecule has 1 aromatic heterocycles. The van der Waals surface area contributed by atoms with Crippen molar-refractivity contribution in [2.75, 3.05) is 6.54 Å². The van der Waals surface area contributed by atoms with Crippen LogP contribution in [-0.2, 0) is 17.8 Å². The van der Waals surface area contributed by atoms with Gasteiger partial charge in [-0.05, 0) is 60.7 Å². The zero-order valence-electron chi connectivity index (χ0n) is 20.0. The molecular formula is C29H26BrN3O3. The lowest BCUT2D eigenvalue weighted by atomic mass is 9.97. The van der Waals surface area contributed by atoms with Gasteiger partial charge in [0, 0.05) is 28.6 Å². The van der Waals surface area contributed by atoms with Gasteiger partial charge in [-0.1, -0.05) is 52.3 Å². The van der Waals surface area contributed by atoms with Gasteiger partial charge < -0.3 is 14.5 Å². The molecule has 0 bridgehead atoms. The first kappa shape index (κ1) is 22.9. The van der Waals surface area contributed by atoms with E-state index in [4.69, 9.17) is 9.47 Å². The Morgan fingerprint density at radius 2 is 1.97 bits per heavy atom. The van der Waals surface area contributed by atoms with Crippen LogP contribution in [0, 0.1) is 6.92 Å². The highest BCUT2D eigenvalue weighted by Crippen LogP contribution is 2.40. The van der Waals surface area contributed by atoms with Crippen molar-refractivity contribution in [2.24, 2.45) is 0 Å². The van der Waals surface area contributed by atoms with Gasteiger partial charge in [0.2, 0.25) is 0 Å². The molecule has 1 saturated heterocycles. The molecule has 0 aliphatic carbocycles. The zero-order chi connectivity index (χ0) is 24.6. The Morgan fingerprint density at radius 3 is 2.83 bits per heavy atom. The first-order chi connectivity index (χ1) is 17.5. The molecule has 1 fully saturated rings. The number of hydrogen-bond acceptors (Lipinski definition) is 4. The molecule has 0 spiro atoms. The molecule has 3 heterocycles. The summed E-state index contributed by atoms with van der Waals surface area (Å²) in [6.45, 7) is 3.04. The molecule has 1 N–H and O–H groups in total. The molecule has 2 aliphatic heterocycles.